The fourth-order valence-electron chi connectivity index (χ4n) is 2.70. The Bertz CT molecular complexity index is 532. The van der Waals surface area contributed by atoms with E-state index in [1.54, 1.807) is 0 Å². The second-order valence-electron chi connectivity index (χ2n) is 6.56. The first kappa shape index (κ1) is 22.5. The van der Waals surface area contributed by atoms with E-state index < -0.39 is 0 Å². The van der Waals surface area contributed by atoms with E-state index in [2.05, 4.69) is 24.5 Å². The molecule has 0 amide bonds. The first-order chi connectivity index (χ1) is 11.6. The van der Waals surface area contributed by atoms with E-state index in [-0.39, 0.29) is 30.0 Å². The van der Waals surface area contributed by atoms with Crippen molar-refractivity contribution in [2.24, 2.45) is 10.4 Å². The van der Waals surface area contributed by atoms with Crippen molar-refractivity contribution in [1.29, 1.82) is 0 Å². The van der Waals surface area contributed by atoms with Gasteiger partial charge in [0, 0.05) is 31.3 Å². The first-order valence-electron chi connectivity index (χ1n) is 8.96. The van der Waals surface area contributed by atoms with Crippen molar-refractivity contribution < 1.29 is 4.74 Å². The molecule has 1 aromatic rings. The van der Waals surface area contributed by atoms with Crippen LogP contribution in [0.4, 0.5) is 0 Å². The van der Waals surface area contributed by atoms with Gasteiger partial charge in [-0.05, 0) is 63.1 Å². The Labute approximate surface area is 174 Å². The maximum Gasteiger partial charge on any atom is 0.191 e. The summed E-state index contributed by atoms with van der Waals surface area (Å²) in [5, 5.41) is 7.59. The SMILES string of the molecule is CCNC(=NCC1(CCOCC)CC1)NC(C)c1ccc(Cl)cc1.I. The molecule has 2 rings (SSSR count). The lowest BCUT2D eigenvalue weighted by molar-refractivity contribution is 0.129. The van der Waals surface area contributed by atoms with E-state index in [9.17, 15) is 0 Å². The number of aliphatic imine (C=N–C) groups is 1. The minimum atomic E-state index is 0. The molecule has 1 atom stereocenters. The molecule has 1 saturated carbocycles. The van der Waals surface area contributed by atoms with Gasteiger partial charge in [0.05, 0.1) is 6.04 Å². The number of rotatable bonds is 9. The zero-order valence-electron chi connectivity index (χ0n) is 15.5. The summed E-state index contributed by atoms with van der Waals surface area (Å²) >= 11 is 5.96. The van der Waals surface area contributed by atoms with Crippen molar-refractivity contribution in [3.05, 3.63) is 34.9 Å². The Morgan fingerprint density at radius 2 is 1.96 bits per heavy atom. The molecular formula is C19H31ClIN3O. The van der Waals surface area contributed by atoms with Gasteiger partial charge in [-0.1, -0.05) is 23.7 Å². The average molecular weight is 480 g/mol. The van der Waals surface area contributed by atoms with Gasteiger partial charge in [0.25, 0.3) is 0 Å². The molecule has 2 N–H and O–H groups in total. The first-order valence-corrected chi connectivity index (χ1v) is 9.34. The minimum Gasteiger partial charge on any atom is -0.382 e. The number of hydrogen-bond acceptors (Lipinski definition) is 2. The summed E-state index contributed by atoms with van der Waals surface area (Å²) in [6.07, 6.45) is 3.63. The molecular weight excluding hydrogens is 449 g/mol. The van der Waals surface area contributed by atoms with Crippen LogP contribution in [0.2, 0.25) is 5.02 Å². The molecule has 0 bridgehead atoms. The molecule has 25 heavy (non-hydrogen) atoms. The number of nitrogens with one attached hydrogen (secondary N) is 2. The Balaban J connectivity index is 0.00000312. The van der Waals surface area contributed by atoms with Crippen LogP contribution in [0.25, 0.3) is 0 Å². The highest BCUT2D eigenvalue weighted by molar-refractivity contribution is 14.0. The molecule has 0 spiro atoms. The third-order valence-electron chi connectivity index (χ3n) is 4.58. The van der Waals surface area contributed by atoms with Crippen LogP contribution < -0.4 is 10.6 Å². The molecule has 6 heteroatoms. The number of hydrogen-bond donors (Lipinski definition) is 2. The summed E-state index contributed by atoms with van der Waals surface area (Å²) in [5.74, 6) is 0.877. The Morgan fingerprint density at radius 3 is 2.52 bits per heavy atom. The van der Waals surface area contributed by atoms with Gasteiger partial charge >= 0.3 is 0 Å². The van der Waals surface area contributed by atoms with Crippen molar-refractivity contribution in [3.8, 4) is 0 Å². The maximum atomic E-state index is 5.96. The quantitative estimate of drug-likeness (QED) is 0.232. The van der Waals surface area contributed by atoms with Gasteiger partial charge in [-0.3, -0.25) is 4.99 Å². The molecule has 1 aliphatic rings. The third kappa shape index (κ3) is 7.71. The lowest BCUT2D eigenvalue weighted by Crippen LogP contribution is -2.39. The smallest absolute Gasteiger partial charge is 0.191 e. The summed E-state index contributed by atoms with van der Waals surface area (Å²) in [4.78, 5) is 4.82. The zero-order chi connectivity index (χ0) is 17.4. The van der Waals surface area contributed by atoms with Crippen molar-refractivity contribution >= 4 is 41.5 Å². The average Bonchev–Trinajstić information content (AvgIpc) is 3.34. The van der Waals surface area contributed by atoms with Crippen LogP contribution in [0.1, 0.15) is 51.6 Å². The standard InChI is InChI=1S/C19H30ClN3O.HI/c1-4-21-18(22-14-19(10-11-19)12-13-24-5-2)23-15(3)16-6-8-17(20)9-7-16;/h6-9,15H,4-5,10-14H2,1-3H3,(H2,21,22,23);1H. The van der Waals surface area contributed by atoms with Gasteiger partial charge in [0.2, 0.25) is 0 Å². The highest BCUT2D eigenvalue weighted by Crippen LogP contribution is 2.49. The molecule has 1 unspecified atom stereocenters. The summed E-state index contributed by atoms with van der Waals surface area (Å²) in [5.41, 5.74) is 1.56. The summed E-state index contributed by atoms with van der Waals surface area (Å²) in [7, 11) is 0. The van der Waals surface area contributed by atoms with Crippen molar-refractivity contribution in [2.75, 3.05) is 26.3 Å². The van der Waals surface area contributed by atoms with Crippen molar-refractivity contribution in [3.63, 3.8) is 0 Å². The van der Waals surface area contributed by atoms with Crippen LogP contribution in [-0.4, -0.2) is 32.3 Å². The Morgan fingerprint density at radius 1 is 1.28 bits per heavy atom. The number of ether oxygens (including phenoxy) is 1. The van der Waals surface area contributed by atoms with Crippen LogP contribution in [-0.2, 0) is 4.74 Å². The summed E-state index contributed by atoms with van der Waals surface area (Å²) in [6, 6.07) is 8.12. The highest BCUT2D eigenvalue weighted by Gasteiger charge is 2.41. The molecule has 0 aromatic heterocycles. The van der Waals surface area contributed by atoms with Gasteiger partial charge in [-0.25, -0.2) is 0 Å². The van der Waals surface area contributed by atoms with Crippen LogP contribution >= 0.6 is 35.6 Å². The molecule has 4 nitrogen and oxygen atoms in total. The lowest BCUT2D eigenvalue weighted by Gasteiger charge is -2.19. The number of benzene rings is 1. The maximum absolute atomic E-state index is 5.96. The summed E-state index contributed by atoms with van der Waals surface area (Å²) in [6.45, 7) is 9.63. The topological polar surface area (TPSA) is 45.7 Å². The normalized spacial score (nSPS) is 16.7. The zero-order valence-corrected chi connectivity index (χ0v) is 18.6. The van der Waals surface area contributed by atoms with E-state index in [1.807, 2.05) is 31.2 Å². The van der Waals surface area contributed by atoms with Gasteiger partial charge in [0.1, 0.15) is 0 Å². The predicted octanol–water partition coefficient (Wildman–Crippen LogP) is 4.78. The van der Waals surface area contributed by atoms with Gasteiger partial charge in [0.15, 0.2) is 5.96 Å². The van der Waals surface area contributed by atoms with Gasteiger partial charge in [-0.2, -0.15) is 0 Å². The van der Waals surface area contributed by atoms with E-state index in [0.29, 0.717) is 5.41 Å². The molecule has 1 aliphatic carbocycles. The Kier molecular flexibility index (Phi) is 10.1. The molecule has 0 radical (unpaired) electrons. The van der Waals surface area contributed by atoms with Gasteiger partial charge < -0.3 is 15.4 Å². The number of nitrogens with zero attached hydrogens (tertiary/aromatic N) is 1. The van der Waals surface area contributed by atoms with Crippen LogP contribution in [0.15, 0.2) is 29.3 Å². The molecule has 142 valence electrons. The molecule has 0 aliphatic heterocycles. The fourth-order valence-corrected chi connectivity index (χ4v) is 2.83. The molecule has 0 saturated heterocycles. The fraction of sp³-hybridized carbons (Fsp3) is 0.632. The minimum absolute atomic E-state index is 0. The molecule has 1 fully saturated rings. The second-order valence-corrected chi connectivity index (χ2v) is 7.00. The van der Waals surface area contributed by atoms with Crippen molar-refractivity contribution in [1.82, 2.24) is 10.6 Å². The largest absolute Gasteiger partial charge is 0.382 e. The molecule has 0 heterocycles. The predicted molar refractivity (Wildman–Crippen MR) is 117 cm³/mol. The van der Waals surface area contributed by atoms with Crippen molar-refractivity contribution in [2.45, 2.75) is 46.1 Å². The monoisotopic (exact) mass is 479 g/mol. The van der Waals surface area contributed by atoms with Gasteiger partial charge in [-0.15, -0.1) is 24.0 Å². The third-order valence-corrected chi connectivity index (χ3v) is 4.83. The Hall–Kier alpha value is -0.530. The van der Waals surface area contributed by atoms with E-state index in [4.69, 9.17) is 21.3 Å². The second kappa shape index (κ2) is 11.2. The van der Waals surface area contributed by atoms with Crippen LogP contribution in [0.3, 0.4) is 0 Å². The van der Waals surface area contributed by atoms with E-state index in [0.717, 1.165) is 43.7 Å². The molecule has 1 aromatic carbocycles. The van der Waals surface area contributed by atoms with Crippen LogP contribution in [0.5, 0.6) is 0 Å². The van der Waals surface area contributed by atoms with E-state index in [1.165, 1.54) is 18.4 Å². The summed E-state index contributed by atoms with van der Waals surface area (Å²) < 4.78 is 5.51. The number of halogens is 2. The highest BCUT2D eigenvalue weighted by atomic mass is 127. The lowest BCUT2D eigenvalue weighted by atomic mass is 10.0. The van der Waals surface area contributed by atoms with Crippen LogP contribution in [0, 0.1) is 5.41 Å². The van der Waals surface area contributed by atoms with E-state index >= 15 is 0 Å². The number of guanidine groups is 1.